The lowest BCUT2D eigenvalue weighted by molar-refractivity contribution is -0.120. The van der Waals surface area contributed by atoms with Crippen molar-refractivity contribution < 1.29 is 4.79 Å². The topological polar surface area (TPSA) is 66.9 Å². The number of aromatic nitrogens is 2. The van der Waals surface area contributed by atoms with Crippen LogP contribution in [0.4, 0.5) is 10.8 Å². The lowest BCUT2D eigenvalue weighted by Crippen LogP contribution is -2.31. The monoisotopic (exact) mass is 416 g/mol. The Balaban J connectivity index is 1.43. The van der Waals surface area contributed by atoms with Crippen molar-refractivity contribution in [1.82, 2.24) is 15.5 Å². The molecule has 28 heavy (non-hydrogen) atoms. The number of hydrogen-bond donors (Lipinski definition) is 2. The zero-order chi connectivity index (χ0) is 19.8. The van der Waals surface area contributed by atoms with E-state index in [2.05, 4.69) is 46.0 Å². The number of anilines is 2. The van der Waals surface area contributed by atoms with Crippen LogP contribution in [-0.2, 0) is 11.2 Å². The highest BCUT2D eigenvalue weighted by Crippen LogP contribution is 2.30. The minimum atomic E-state index is -0.190. The van der Waals surface area contributed by atoms with Crippen molar-refractivity contribution in [3.8, 4) is 0 Å². The number of allylic oxidation sites excluding steroid dienone is 1. The smallest absolute Gasteiger partial charge is 0.233 e. The van der Waals surface area contributed by atoms with Gasteiger partial charge < -0.3 is 10.6 Å². The van der Waals surface area contributed by atoms with Crippen LogP contribution in [0.2, 0.25) is 0 Å². The molecule has 0 aliphatic heterocycles. The van der Waals surface area contributed by atoms with Crippen molar-refractivity contribution in [3.05, 3.63) is 41.5 Å². The van der Waals surface area contributed by atoms with Crippen molar-refractivity contribution >= 4 is 39.8 Å². The second-order valence-corrected chi connectivity index (χ2v) is 9.52. The van der Waals surface area contributed by atoms with Crippen LogP contribution in [0, 0.1) is 0 Å². The number of aryl methyl sites for hydroxylation is 1. The molecule has 0 fully saturated rings. The summed E-state index contributed by atoms with van der Waals surface area (Å²) in [6, 6.07) is 8.30. The Hall–Kier alpha value is -1.86. The fourth-order valence-corrected chi connectivity index (χ4v) is 5.02. The first-order chi connectivity index (χ1) is 13.6. The van der Waals surface area contributed by atoms with Crippen LogP contribution in [0.3, 0.4) is 0 Å². The van der Waals surface area contributed by atoms with Crippen LogP contribution in [0.25, 0.3) is 0 Å². The molecule has 0 spiro atoms. The van der Waals surface area contributed by atoms with E-state index >= 15 is 0 Å². The van der Waals surface area contributed by atoms with Gasteiger partial charge in [-0.25, -0.2) is 0 Å². The molecular weight excluding hydrogens is 388 g/mol. The van der Waals surface area contributed by atoms with Gasteiger partial charge in [-0.05, 0) is 63.1 Å². The van der Waals surface area contributed by atoms with Gasteiger partial charge >= 0.3 is 0 Å². The number of amides is 1. The van der Waals surface area contributed by atoms with Crippen LogP contribution in [0.5, 0.6) is 0 Å². The van der Waals surface area contributed by atoms with E-state index in [-0.39, 0.29) is 11.2 Å². The Morgan fingerprint density at radius 3 is 2.79 bits per heavy atom. The van der Waals surface area contributed by atoms with Gasteiger partial charge in [-0.1, -0.05) is 53.8 Å². The van der Waals surface area contributed by atoms with Gasteiger partial charge in [0.1, 0.15) is 0 Å². The molecule has 0 saturated carbocycles. The molecule has 1 amide bonds. The maximum absolute atomic E-state index is 12.3. The molecule has 2 N–H and O–H groups in total. The van der Waals surface area contributed by atoms with Crippen LogP contribution in [0.15, 0.2) is 40.3 Å². The molecule has 0 radical (unpaired) electrons. The summed E-state index contributed by atoms with van der Waals surface area (Å²) in [6.45, 7) is 4.77. The highest BCUT2D eigenvalue weighted by atomic mass is 32.2. The maximum atomic E-state index is 12.3. The van der Waals surface area contributed by atoms with Crippen LogP contribution >= 0.6 is 23.1 Å². The first-order valence-electron chi connectivity index (χ1n) is 9.96. The number of hydrogen-bond acceptors (Lipinski definition) is 6. The average molecular weight is 417 g/mol. The molecule has 1 atom stereocenters. The normalized spacial score (nSPS) is 15.0. The molecule has 0 bridgehead atoms. The summed E-state index contributed by atoms with van der Waals surface area (Å²) in [5.41, 5.74) is 3.78. The van der Waals surface area contributed by atoms with E-state index < -0.39 is 0 Å². The molecule has 2 aromatic rings. The quantitative estimate of drug-likeness (QED) is 0.427. The predicted octanol–water partition coefficient (Wildman–Crippen LogP) is 5.33. The number of carbonyl (C=O) groups excluding carboxylic acids is 1. The minimum absolute atomic E-state index is 0.0567. The molecule has 1 aromatic heterocycles. The highest BCUT2D eigenvalue weighted by Gasteiger charge is 2.17. The second kappa shape index (κ2) is 10.6. The predicted molar refractivity (Wildman–Crippen MR) is 119 cm³/mol. The Morgan fingerprint density at radius 2 is 2.07 bits per heavy atom. The molecule has 1 aliphatic rings. The fourth-order valence-electron chi connectivity index (χ4n) is 3.08. The van der Waals surface area contributed by atoms with E-state index in [1.54, 1.807) is 0 Å². The van der Waals surface area contributed by atoms with Gasteiger partial charge in [0.15, 0.2) is 4.34 Å². The molecule has 5 nitrogen and oxygen atoms in total. The standard InChI is InChI=1S/C21H28N4OS2/c1-3-16-9-11-18(12-10-16)23-20-24-25-21(28-20)27-15(2)19(26)22-14-13-17-7-5-4-6-8-17/h7,9-12,15H,3-6,8,13-14H2,1-2H3,(H,22,26)(H,23,24)/t15-/m0/s1. The Labute approximate surface area is 175 Å². The van der Waals surface area contributed by atoms with Crippen molar-refractivity contribution in [2.24, 2.45) is 0 Å². The third-order valence-electron chi connectivity index (χ3n) is 4.80. The van der Waals surface area contributed by atoms with E-state index in [4.69, 9.17) is 0 Å². The van der Waals surface area contributed by atoms with E-state index in [9.17, 15) is 4.79 Å². The summed E-state index contributed by atoms with van der Waals surface area (Å²) in [5, 5.41) is 15.3. The van der Waals surface area contributed by atoms with Crippen molar-refractivity contribution in [2.45, 2.75) is 62.0 Å². The average Bonchev–Trinajstić information content (AvgIpc) is 3.16. The minimum Gasteiger partial charge on any atom is -0.355 e. The molecule has 150 valence electrons. The number of benzene rings is 1. The molecule has 0 saturated heterocycles. The van der Waals surface area contributed by atoms with Crippen molar-refractivity contribution in [1.29, 1.82) is 0 Å². The Morgan fingerprint density at radius 1 is 1.25 bits per heavy atom. The number of thioether (sulfide) groups is 1. The lowest BCUT2D eigenvalue weighted by atomic mass is 9.97. The zero-order valence-electron chi connectivity index (χ0n) is 16.5. The van der Waals surface area contributed by atoms with E-state index in [0.717, 1.165) is 28.0 Å². The number of nitrogens with one attached hydrogen (secondary N) is 2. The summed E-state index contributed by atoms with van der Waals surface area (Å²) in [7, 11) is 0. The maximum Gasteiger partial charge on any atom is 0.233 e. The Kier molecular flexibility index (Phi) is 7.91. The second-order valence-electron chi connectivity index (χ2n) is 6.96. The van der Waals surface area contributed by atoms with E-state index in [0.29, 0.717) is 6.54 Å². The SMILES string of the molecule is CCc1ccc(Nc2nnc(S[C@@H](C)C(=O)NCCC3=CCCCC3)s2)cc1. The number of carbonyl (C=O) groups is 1. The van der Waals surface area contributed by atoms with Gasteiger partial charge in [-0.15, -0.1) is 10.2 Å². The Bertz CT molecular complexity index is 801. The zero-order valence-corrected chi connectivity index (χ0v) is 18.2. The first kappa shape index (κ1) is 20.9. The summed E-state index contributed by atoms with van der Waals surface area (Å²) in [6.07, 6.45) is 9.27. The highest BCUT2D eigenvalue weighted by molar-refractivity contribution is 8.02. The first-order valence-corrected chi connectivity index (χ1v) is 11.7. The van der Waals surface area contributed by atoms with Gasteiger partial charge in [0.2, 0.25) is 11.0 Å². The third-order valence-corrected chi connectivity index (χ3v) is 6.82. The molecule has 1 aliphatic carbocycles. The van der Waals surface area contributed by atoms with Crippen molar-refractivity contribution in [2.75, 3.05) is 11.9 Å². The van der Waals surface area contributed by atoms with Gasteiger partial charge in [0.05, 0.1) is 5.25 Å². The van der Waals surface area contributed by atoms with Crippen LogP contribution in [0.1, 0.15) is 51.5 Å². The lowest BCUT2D eigenvalue weighted by Gasteiger charge is -2.14. The van der Waals surface area contributed by atoms with Crippen LogP contribution in [-0.4, -0.2) is 27.9 Å². The van der Waals surface area contributed by atoms with E-state index in [1.165, 1.54) is 59.9 Å². The number of rotatable bonds is 9. The molecular formula is C21H28N4OS2. The summed E-state index contributed by atoms with van der Waals surface area (Å²) in [4.78, 5) is 12.3. The van der Waals surface area contributed by atoms with Gasteiger partial charge in [-0.3, -0.25) is 4.79 Å². The van der Waals surface area contributed by atoms with Crippen molar-refractivity contribution in [3.63, 3.8) is 0 Å². The van der Waals surface area contributed by atoms with E-state index in [1.807, 2.05) is 19.1 Å². The molecule has 3 rings (SSSR count). The molecule has 1 heterocycles. The van der Waals surface area contributed by atoms with Crippen LogP contribution < -0.4 is 10.6 Å². The summed E-state index contributed by atoms with van der Waals surface area (Å²) < 4.78 is 0.797. The molecule has 7 heteroatoms. The summed E-state index contributed by atoms with van der Waals surface area (Å²) in [5.74, 6) is 0.0567. The van der Waals surface area contributed by atoms with Gasteiger partial charge in [-0.2, -0.15) is 0 Å². The van der Waals surface area contributed by atoms with Gasteiger partial charge in [0, 0.05) is 12.2 Å². The number of nitrogens with zero attached hydrogens (tertiary/aromatic N) is 2. The summed E-state index contributed by atoms with van der Waals surface area (Å²) >= 11 is 2.92. The molecule has 1 aromatic carbocycles. The fraction of sp³-hybridized carbons (Fsp3) is 0.476. The largest absolute Gasteiger partial charge is 0.355 e. The third kappa shape index (κ3) is 6.34. The molecule has 0 unspecified atom stereocenters. The van der Waals surface area contributed by atoms with Gasteiger partial charge in [0.25, 0.3) is 0 Å².